The highest BCUT2D eigenvalue weighted by atomic mass is 14.9. The molecule has 0 radical (unpaired) electrons. The minimum absolute atomic E-state index is 0.863. The van der Waals surface area contributed by atoms with Crippen molar-refractivity contribution in [2.24, 2.45) is 5.92 Å². The van der Waals surface area contributed by atoms with E-state index < -0.39 is 0 Å². The first-order chi connectivity index (χ1) is 5.95. The minimum atomic E-state index is 0.863. The second-order valence-electron chi connectivity index (χ2n) is 3.53. The van der Waals surface area contributed by atoms with Gasteiger partial charge in [0.2, 0.25) is 0 Å². The van der Waals surface area contributed by atoms with Crippen LogP contribution in [0.25, 0.3) is 0 Å². The average Bonchev–Trinajstić information content (AvgIpc) is 2.59. The summed E-state index contributed by atoms with van der Waals surface area (Å²) in [5.74, 6) is 0.863. The van der Waals surface area contributed by atoms with Crippen LogP contribution in [0.3, 0.4) is 0 Å². The molecule has 12 heavy (non-hydrogen) atoms. The Morgan fingerprint density at radius 2 is 2.00 bits per heavy atom. The van der Waals surface area contributed by atoms with Crippen LogP contribution in [-0.2, 0) is 6.54 Å². The van der Waals surface area contributed by atoms with Gasteiger partial charge in [-0.3, -0.25) is 0 Å². The molecule has 1 unspecified atom stereocenters. The fourth-order valence-electron chi connectivity index (χ4n) is 1.81. The largest absolute Gasteiger partial charge is 0.354 e. The molecule has 1 aliphatic rings. The van der Waals surface area contributed by atoms with Gasteiger partial charge in [0.1, 0.15) is 0 Å². The molecule has 0 saturated carbocycles. The Balaban J connectivity index is 1.91. The van der Waals surface area contributed by atoms with E-state index in [0.29, 0.717) is 0 Å². The van der Waals surface area contributed by atoms with E-state index in [4.69, 9.17) is 0 Å². The maximum atomic E-state index is 2.32. The predicted octanol–water partition coefficient (Wildman–Crippen LogP) is 2.84. The minimum Gasteiger partial charge on any atom is -0.354 e. The van der Waals surface area contributed by atoms with Crippen LogP contribution in [0.4, 0.5) is 0 Å². The predicted molar refractivity (Wildman–Crippen MR) is 50.9 cm³/mol. The van der Waals surface area contributed by atoms with E-state index in [9.17, 15) is 0 Å². The zero-order valence-corrected chi connectivity index (χ0v) is 7.32. The van der Waals surface area contributed by atoms with E-state index in [0.717, 1.165) is 5.92 Å². The Bertz CT molecular complexity index is 246. The number of hydrogen-bond donors (Lipinski definition) is 0. The van der Waals surface area contributed by atoms with E-state index >= 15 is 0 Å². The van der Waals surface area contributed by atoms with Crippen LogP contribution in [0.1, 0.15) is 19.3 Å². The van der Waals surface area contributed by atoms with Crippen molar-refractivity contribution in [3.63, 3.8) is 0 Å². The monoisotopic (exact) mass is 161 g/mol. The van der Waals surface area contributed by atoms with Gasteiger partial charge in [0, 0.05) is 18.9 Å². The molecule has 1 atom stereocenters. The van der Waals surface area contributed by atoms with Crippen LogP contribution in [0, 0.1) is 5.92 Å². The highest BCUT2D eigenvalue weighted by Crippen LogP contribution is 2.19. The lowest BCUT2D eigenvalue weighted by molar-refractivity contribution is 0.411. The normalized spacial score (nSPS) is 22.8. The maximum absolute atomic E-state index is 2.32. The molecule has 64 valence electrons. The summed E-state index contributed by atoms with van der Waals surface area (Å²) in [5.41, 5.74) is 0. The molecule has 0 aromatic carbocycles. The molecule has 1 heteroatoms. The van der Waals surface area contributed by atoms with Crippen LogP contribution in [0.15, 0.2) is 36.7 Å². The molecule has 1 aromatic heterocycles. The van der Waals surface area contributed by atoms with Gasteiger partial charge in [0.15, 0.2) is 0 Å². The van der Waals surface area contributed by atoms with E-state index in [1.165, 1.54) is 25.8 Å². The maximum Gasteiger partial charge on any atom is 0.0250 e. The van der Waals surface area contributed by atoms with Crippen LogP contribution in [0.5, 0.6) is 0 Å². The molecule has 0 spiro atoms. The Kier molecular flexibility index (Phi) is 2.31. The molecule has 0 aliphatic heterocycles. The van der Waals surface area contributed by atoms with E-state index in [-0.39, 0.29) is 0 Å². The van der Waals surface area contributed by atoms with Crippen molar-refractivity contribution >= 4 is 0 Å². The first-order valence-electron chi connectivity index (χ1n) is 4.71. The summed E-state index contributed by atoms with van der Waals surface area (Å²) in [6.07, 6.45) is 12.8. The van der Waals surface area contributed by atoms with Gasteiger partial charge in [0.25, 0.3) is 0 Å². The lowest BCUT2D eigenvalue weighted by atomic mass is 9.94. The molecule has 2 rings (SSSR count). The fourth-order valence-corrected chi connectivity index (χ4v) is 1.81. The smallest absolute Gasteiger partial charge is 0.0250 e. The first-order valence-corrected chi connectivity index (χ1v) is 4.71. The van der Waals surface area contributed by atoms with Crippen molar-refractivity contribution in [1.82, 2.24) is 4.57 Å². The van der Waals surface area contributed by atoms with Gasteiger partial charge >= 0.3 is 0 Å². The van der Waals surface area contributed by atoms with Crippen molar-refractivity contribution in [3.8, 4) is 0 Å². The first kappa shape index (κ1) is 7.66. The van der Waals surface area contributed by atoms with Crippen LogP contribution in [0.2, 0.25) is 0 Å². The third-order valence-electron chi connectivity index (χ3n) is 2.51. The Morgan fingerprint density at radius 3 is 2.67 bits per heavy atom. The number of allylic oxidation sites excluding steroid dienone is 2. The standard InChI is InChI=1S/C11H15N/c1-2-6-11(7-3-1)10-12-8-4-5-9-12/h1-2,4-5,8-9,11H,3,6-7,10H2. The highest BCUT2D eigenvalue weighted by Gasteiger charge is 2.09. The van der Waals surface area contributed by atoms with Crippen molar-refractivity contribution in [1.29, 1.82) is 0 Å². The summed E-state index contributed by atoms with van der Waals surface area (Å²) in [6, 6.07) is 4.19. The van der Waals surface area contributed by atoms with Crippen molar-refractivity contribution in [2.75, 3.05) is 0 Å². The molecule has 0 amide bonds. The van der Waals surface area contributed by atoms with Crippen LogP contribution in [-0.4, -0.2) is 4.57 Å². The summed E-state index contributed by atoms with van der Waals surface area (Å²) in [6.45, 7) is 1.19. The second kappa shape index (κ2) is 3.61. The van der Waals surface area contributed by atoms with E-state index in [1.807, 2.05) is 0 Å². The topological polar surface area (TPSA) is 4.93 Å². The molecule has 0 saturated heterocycles. The third-order valence-corrected chi connectivity index (χ3v) is 2.51. The zero-order chi connectivity index (χ0) is 8.23. The summed E-state index contributed by atoms with van der Waals surface area (Å²) < 4.78 is 2.28. The molecular weight excluding hydrogens is 146 g/mol. The summed E-state index contributed by atoms with van der Waals surface area (Å²) in [5, 5.41) is 0. The molecule has 1 aliphatic carbocycles. The number of nitrogens with zero attached hydrogens (tertiary/aromatic N) is 1. The number of hydrogen-bond acceptors (Lipinski definition) is 0. The molecule has 1 heterocycles. The molecule has 0 fully saturated rings. The van der Waals surface area contributed by atoms with Gasteiger partial charge in [-0.25, -0.2) is 0 Å². The SMILES string of the molecule is C1=CCC(Cn2cccc2)CC1. The fraction of sp³-hybridized carbons (Fsp3) is 0.455. The van der Waals surface area contributed by atoms with Crippen molar-refractivity contribution in [3.05, 3.63) is 36.7 Å². The van der Waals surface area contributed by atoms with E-state index in [1.54, 1.807) is 0 Å². The summed E-state index contributed by atoms with van der Waals surface area (Å²) >= 11 is 0. The molecule has 1 aromatic rings. The Morgan fingerprint density at radius 1 is 1.17 bits per heavy atom. The molecular formula is C11H15N. The van der Waals surface area contributed by atoms with Gasteiger partial charge in [-0.2, -0.15) is 0 Å². The van der Waals surface area contributed by atoms with E-state index in [2.05, 4.69) is 41.2 Å². The molecule has 1 nitrogen and oxygen atoms in total. The van der Waals surface area contributed by atoms with Gasteiger partial charge in [-0.15, -0.1) is 0 Å². The van der Waals surface area contributed by atoms with Crippen molar-refractivity contribution in [2.45, 2.75) is 25.8 Å². The molecule has 0 bridgehead atoms. The summed E-state index contributed by atoms with van der Waals surface area (Å²) in [4.78, 5) is 0. The Labute approximate surface area is 73.7 Å². The lowest BCUT2D eigenvalue weighted by Gasteiger charge is -2.17. The second-order valence-corrected chi connectivity index (χ2v) is 3.53. The highest BCUT2D eigenvalue weighted by molar-refractivity contribution is 4.94. The summed E-state index contributed by atoms with van der Waals surface area (Å²) in [7, 11) is 0. The quantitative estimate of drug-likeness (QED) is 0.588. The number of rotatable bonds is 2. The van der Waals surface area contributed by atoms with Gasteiger partial charge in [-0.1, -0.05) is 12.2 Å². The zero-order valence-electron chi connectivity index (χ0n) is 7.32. The average molecular weight is 161 g/mol. The van der Waals surface area contributed by atoms with Gasteiger partial charge in [-0.05, 0) is 37.3 Å². The third kappa shape index (κ3) is 1.79. The van der Waals surface area contributed by atoms with Gasteiger partial charge < -0.3 is 4.57 Å². The van der Waals surface area contributed by atoms with Crippen LogP contribution >= 0.6 is 0 Å². The Hall–Kier alpha value is -0.980. The molecule has 0 N–H and O–H groups in total. The number of aromatic nitrogens is 1. The lowest BCUT2D eigenvalue weighted by Crippen LogP contribution is -2.10. The van der Waals surface area contributed by atoms with Gasteiger partial charge in [0.05, 0.1) is 0 Å². The van der Waals surface area contributed by atoms with Crippen LogP contribution < -0.4 is 0 Å². The van der Waals surface area contributed by atoms with Crippen molar-refractivity contribution < 1.29 is 0 Å².